The Balaban J connectivity index is 1.74. The van der Waals surface area contributed by atoms with Gasteiger partial charge in [-0.3, -0.25) is 5.41 Å². The van der Waals surface area contributed by atoms with Crippen molar-refractivity contribution in [1.82, 2.24) is 29.3 Å². The predicted molar refractivity (Wildman–Crippen MR) is 103 cm³/mol. The molecule has 0 bridgehead atoms. The fraction of sp³-hybridized carbons (Fsp3) is 0.100. The third-order valence-electron chi connectivity index (χ3n) is 4.96. The zero-order valence-electron chi connectivity index (χ0n) is 15.3. The minimum absolute atomic E-state index is 0.204. The number of aromatic nitrogens is 6. The van der Waals surface area contributed by atoms with E-state index in [9.17, 15) is 8.78 Å². The zero-order valence-corrected chi connectivity index (χ0v) is 15.3. The monoisotopic (exact) mass is 391 g/mol. The van der Waals surface area contributed by atoms with E-state index in [0.29, 0.717) is 33.4 Å². The van der Waals surface area contributed by atoms with Crippen LogP contribution in [0.25, 0.3) is 27.8 Å². The first-order valence-corrected chi connectivity index (χ1v) is 8.92. The van der Waals surface area contributed by atoms with Crippen molar-refractivity contribution in [2.75, 3.05) is 0 Å². The molecule has 29 heavy (non-hydrogen) atoms. The highest BCUT2D eigenvalue weighted by atomic mass is 19.1. The highest BCUT2D eigenvalue weighted by molar-refractivity contribution is 5.84. The molecule has 3 aromatic heterocycles. The molecule has 0 fully saturated rings. The van der Waals surface area contributed by atoms with Gasteiger partial charge in [0.2, 0.25) is 0 Å². The molecule has 0 saturated carbocycles. The maximum Gasteiger partial charge on any atom is 0.182 e. The van der Waals surface area contributed by atoms with Crippen LogP contribution in [0, 0.1) is 17.0 Å². The zero-order chi connectivity index (χ0) is 20.1. The molecule has 144 valence electrons. The molecule has 2 N–H and O–H groups in total. The summed E-state index contributed by atoms with van der Waals surface area (Å²) in [5.74, 6) is -0.822. The lowest BCUT2D eigenvalue weighted by Crippen LogP contribution is -2.25. The maximum absolute atomic E-state index is 14.0. The minimum Gasteiger partial charge on any atom is -0.340 e. The normalized spacial score (nSPS) is 12.7. The van der Waals surface area contributed by atoms with E-state index in [2.05, 4.69) is 20.1 Å². The van der Waals surface area contributed by atoms with Crippen LogP contribution in [0.2, 0.25) is 0 Å². The first kappa shape index (κ1) is 17.2. The van der Waals surface area contributed by atoms with Crippen molar-refractivity contribution in [1.29, 1.82) is 5.41 Å². The Morgan fingerprint density at radius 1 is 1.07 bits per heavy atom. The molecule has 3 heterocycles. The van der Waals surface area contributed by atoms with Crippen molar-refractivity contribution in [2.24, 2.45) is 0 Å². The van der Waals surface area contributed by atoms with Crippen LogP contribution in [0.5, 0.6) is 0 Å². The molecule has 0 radical (unpaired) electrons. The lowest BCUT2D eigenvalue weighted by molar-refractivity contribution is 0.575. The van der Waals surface area contributed by atoms with E-state index < -0.39 is 11.6 Å². The number of imidazole rings is 1. The summed E-state index contributed by atoms with van der Waals surface area (Å²) in [5, 5.41) is 13.8. The molecule has 0 saturated heterocycles. The van der Waals surface area contributed by atoms with Crippen molar-refractivity contribution in [2.45, 2.75) is 13.0 Å². The van der Waals surface area contributed by atoms with Gasteiger partial charge in [-0.2, -0.15) is 5.10 Å². The van der Waals surface area contributed by atoms with Crippen LogP contribution in [-0.2, 0) is 0 Å². The molecule has 0 amide bonds. The van der Waals surface area contributed by atoms with Gasteiger partial charge in [-0.05, 0) is 37.3 Å². The molecule has 5 rings (SSSR count). The largest absolute Gasteiger partial charge is 0.340 e. The van der Waals surface area contributed by atoms with E-state index in [1.54, 1.807) is 22.8 Å². The van der Waals surface area contributed by atoms with Crippen LogP contribution >= 0.6 is 0 Å². The Morgan fingerprint density at radius 3 is 2.72 bits per heavy atom. The van der Waals surface area contributed by atoms with Crippen LogP contribution in [0.1, 0.15) is 18.7 Å². The number of halogens is 2. The Labute approximate surface area is 162 Å². The van der Waals surface area contributed by atoms with Crippen molar-refractivity contribution < 1.29 is 8.78 Å². The van der Waals surface area contributed by atoms with Crippen molar-refractivity contribution >= 4 is 22.1 Å². The number of aromatic amines is 1. The number of H-pyrrole nitrogens is 1. The number of fused-ring (bicyclic) bond motifs is 2. The molecule has 2 aromatic carbocycles. The summed E-state index contributed by atoms with van der Waals surface area (Å²) >= 11 is 0. The van der Waals surface area contributed by atoms with Crippen LogP contribution in [0.3, 0.4) is 0 Å². The second kappa shape index (κ2) is 6.33. The quantitative estimate of drug-likeness (QED) is 0.494. The van der Waals surface area contributed by atoms with E-state index in [-0.39, 0.29) is 11.5 Å². The number of hydrogen-bond acceptors (Lipinski definition) is 4. The summed E-state index contributed by atoms with van der Waals surface area (Å²) in [6.07, 6.45) is 3.02. The summed E-state index contributed by atoms with van der Waals surface area (Å²) in [4.78, 5) is 11.3. The second-order valence-electron chi connectivity index (χ2n) is 6.72. The molecule has 1 atom stereocenters. The molecule has 9 heteroatoms. The number of nitrogens with one attached hydrogen (secondary N) is 2. The number of benzene rings is 2. The molecule has 5 aromatic rings. The van der Waals surface area contributed by atoms with Crippen molar-refractivity contribution in [3.05, 3.63) is 77.9 Å². The van der Waals surface area contributed by atoms with Gasteiger partial charge in [0.15, 0.2) is 11.1 Å². The fourth-order valence-electron chi connectivity index (χ4n) is 3.51. The number of hydrogen-bond donors (Lipinski definition) is 2. The van der Waals surface area contributed by atoms with Gasteiger partial charge >= 0.3 is 0 Å². The first-order valence-electron chi connectivity index (χ1n) is 8.92. The highest BCUT2D eigenvalue weighted by Crippen LogP contribution is 2.28. The van der Waals surface area contributed by atoms with Crippen LogP contribution in [0.4, 0.5) is 8.78 Å². The molecule has 7 nitrogen and oxygen atoms in total. The lowest BCUT2D eigenvalue weighted by atomic mass is 10.1. The molecule has 0 aliphatic rings. The van der Waals surface area contributed by atoms with Gasteiger partial charge in [0.25, 0.3) is 0 Å². The van der Waals surface area contributed by atoms with Gasteiger partial charge in [-0.15, -0.1) is 0 Å². The maximum atomic E-state index is 14.0. The standard InChI is InChI=1S/C20H15F2N7/c1-11(28-10-26-20-18(19(28)23)24-9-25-20)17-15-6-5-13(22)8-16(15)29(27-17)14-4-2-3-12(21)7-14/h2-11,23H,1H3,(H,24,25)/t11-/m0/s1. The number of rotatable bonds is 3. The van der Waals surface area contributed by atoms with Gasteiger partial charge in [-0.25, -0.2) is 23.4 Å². The Morgan fingerprint density at radius 2 is 1.90 bits per heavy atom. The van der Waals surface area contributed by atoms with Crippen LogP contribution < -0.4 is 5.49 Å². The SMILES string of the molecule is C[C@@H](c1nn(-c2cccc(F)c2)c2cc(F)ccc12)n1cnc2nc[nH]c2c1=N. The van der Waals surface area contributed by atoms with Gasteiger partial charge in [0.05, 0.1) is 35.6 Å². The van der Waals surface area contributed by atoms with Gasteiger partial charge in [0.1, 0.15) is 17.2 Å². The van der Waals surface area contributed by atoms with E-state index >= 15 is 0 Å². The van der Waals surface area contributed by atoms with E-state index in [0.717, 1.165) is 0 Å². The van der Waals surface area contributed by atoms with Crippen LogP contribution in [0.15, 0.2) is 55.1 Å². The molecule has 0 unspecified atom stereocenters. The summed E-state index contributed by atoms with van der Waals surface area (Å²) in [6, 6.07) is 9.95. The molecular formula is C20H15F2N7. The summed E-state index contributed by atoms with van der Waals surface area (Å²) < 4.78 is 30.9. The number of nitrogens with zero attached hydrogens (tertiary/aromatic N) is 5. The predicted octanol–water partition coefficient (Wildman–Crippen LogP) is 3.47. The highest BCUT2D eigenvalue weighted by Gasteiger charge is 2.20. The van der Waals surface area contributed by atoms with E-state index in [1.807, 2.05) is 6.92 Å². The minimum atomic E-state index is -0.413. The Bertz CT molecular complexity index is 1430. The molecule has 0 aliphatic carbocycles. The third-order valence-corrected chi connectivity index (χ3v) is 4.96. The summed E-state index contributed by atoms with van der Waals surface area (Å²) in [5.41, 5.74) is 2.78. The summed E-state index contributed by atoms with van der Waals surface area (Å²) in [6.45, 7) is 1.88. The van der Waals surface area contributed by atoms with Crippen LogP contribution in [-0.4, -0.2) is 29.3 Å². The lowest BCUT2D eigenvalue weighted by Gasteiger charge is -2.14. The second-order valence-corrected chi connectivity index (χ2v) is 6.72. The van der Waals surface area contributed by atoms with Gasteiger partial charge in [0, 0.05) is 11.5 Å². The van der Waals surface area contributed by atoms with E-state index in [1.165, 1.54) is 41.6 Å². The first-order chi connectivity index (χ1) is 14.0. The smallest absolute Gasteiger partial charge is 0.182 e. The summed E-state index contributed by atoms with van der Waals surface area (Å²) in [7, 11) is 0. The average molecular weight is 391 g/mol. The third kappa shape index (κ3) is 2.70. The fourth-order valence-corrected chi connectivity index (χ4v) is 3.51. The van der Waals surface area contributed by atoms with E-state index in [4.69, 9.17) is 5.41 Å². The van der Waals surface area contributed by atoms with Crippen molar-refractivity contribution in [3.8, 4) is 5.69 Å². The molecular weight excluding hydrogens is 376 g/mol. The van der Waals surface area contributed by atoms with Crippen molar-refractivity contribution in [3.63, 3.8) is 0 Å². The molecule has 0 aliphatic heterocycles. The Hall–Kier alpha value is -3.88. The molecule has 0 spiro atoms. The topological polar surface area (TPSA) is 88.2 Å². The van der Waals surface area contributed by atoms with Gasteiger partial charge in [-0.1, -0.05) is 6.07 Å². The Kier molecular flexibility index (Phi) is 3.76. The average Bonchev–Trinajstić information content (AvgIpc) is 3.33. The van der Waals surface area contributed by atoms with Gasteiger partial charge < -0.3 is 9.55 Å².